The van der Waals surface area contributed by atoms with E-state index >= 15 is 0 Å². The standard InChI is InChI=1S/C38H32N2O2/c1-29-13-21-35(22-14-29)41-37-25-17-33(18-26-37)39(31-9-5-3-6-10-31)40(32-11-7-4-8-12-32)34-19-27-38(28-20-34)42-36-23-15-30(2)16-24-36/h3-28H,1-2H3. The van der Waals surface area contributed by atoms with Crippen LogP contribution in [0.5, 0.6) is 23.0 Å². The third-order valence-corrected chi connectivity index (χ3v) is 6.88. The molecule has 0 fully saturated rings. The number of hydrogen-bond acceptors (Lipinski definition) is 4. The van der Waals surface area contributed by atoms with Crippen molar-refractivity contribution in [1.29, 1.82) is 0 Å². The highest BCUT2D eigenvalue weighted by atomic mass is 16.5. The van der Waals surface area contributed by atoms with Crippen molar-refractivity contribution in [3.05, 3.63) is 169 Å². The zero-order chi connectivity index (χ0) is 28.7. The van der Waals surface area contributed by atoms with E-state index in [1.165, 1.54) is 11.1 Å². The van der Waals surface area contributed by atoms with E-state index in [0.29, 0.717) is 0 Å². The Morgan fingerprint density at radius 3 is 0.881 bits per heavy atom. The van der Waals surface area contributed by atoms with E-state index in [1.54, 1.807) is 0 Å². The highest BCUT2D eigenvalue weighted by Gasteiger charge is 2.21. The number of ether oxygens (including phenoxy) is 2. The van der Waals surface area contributed by atoms with Crippen molar-refractivity contribution >= 4 is 22.7 Å². The largest absolute Gasteiger partial charge is 0.457 e. The summed E-state index contributed by atoms with van der Waals surface area (Å²) in [6.45, 7) is 4.14. The molecule has 0 aliphatic rings. The van der Waals surface area contributed by atoms with E-state index in [9.17, 15) is 0 Å². The van der Waals surface area contributed by atoms with Crippen LogP contribution in [0.3, 0.4) is 0 Å². The van der Waals surface area contributed by atoms with Gasteiger partial charge in [0.05, 0.1) is 22.7 Å². The summed E-state index contributed by atoms with van der Waals surface area (Å²) in [6.07, 6.45) is 0. The number of aryl methyl sites for hydroxylation is 2. The molecule has 6 aromatic rings. The van der Waals surface area contributed by atoms with Crippen LogP contribution in [0.4, 0.5) is 22.7 Å². The monoisotopic (exact) mass is 548 g/mol. The summed E-state index contributed by atoms with van der Waals surface area (Å²) in [5.74, 6) is 3.18. The summed E-state index contributed by atoms with van der Waals surface area (Å²) >= 11 is 0. The number of hydrogen-bond donors (Lipinski definition) is 0. The lowest BCUT2D eigenvalue weighted by Crippen LogP contribution is -2.35. The van der Waals surface area contributed by atoms with Crippen molar-refractivity contribution in [1.82, 2.24) is 0 Å². The molecule has 0 spiro atoms. The Hall–Kier alpha value is -5.48. The molecule has 6 aromatic carbocycles. The predicted molar refractivity (Wildman–Crippen MR) is 173 cm³/mol. The van der Waals surface area contributed by atoms with Gasteiger partial charge in [0.25, 0.3) is 0 Å². The lowest BCUT2D eigenvalue weighted by Gasteiger charge is -2.38. The molecule has 42 heavy (non-hydrogen) atoms. The molecule has 0 atom stereocenters. The molecule has 0 heterocycles. The average molecular weight is 549 g/mol. The summed E-state index contributed by atoms with van der Waals surface area (Å²) in [6, 6.07) is 53.3. The molecule has 206 valence electrons. The Balaban J connectivity index is 1.36. The van der Waals surface area contributed by atoms with Gasteiger partial charge >= 0.3 is 0 Å². The minimum atomic E-state index is 0.777. The van der Waals surface area contributed by atoms with Gasteiger partial charge in [0.2, 0.25) is 0 Å². The van der Waals surface area contributed by atoms with Gasteiger partial charge in [-0.3, -0.25) is 0 Å². The second-order valence-electron chi connectivity index (χ2n) is 10.1. The minimum absolute atomic E-state index is 0.777. The van der Waals surface area contributed by atoms with Gasteiger partial charge in [-0.05, 0) is 111 Å². The number of nitrogens with zero attached hydrogens (tertiary/aromatic N) is 2. The first kappa shape index (κ1) is 26.7. The maximum absolute atomic E-state index is 6.13. The van der Waals surface area contributed by atoms with Gasteiger partial charge in [-0.1, -0.05) is 71.8 Å². The van der Waals surface area contributed by atoms with Crippen molar-refractivity contribution in [2.75, 3.05) is 10.0 Å². The fourth-order valence-corrected chi connectivity index (χ4v) is 4.69. The molecule has 0 saturated heterocycles. The molecule has 4 heteroatoms. The SMILES string of the molecule is Cc1ccc(Oc2ccc(N(c3ccccc3)N(c3ccccc3)c3ccc(Oc4ccc(C)cc4)cc3)cc2)cc1. The van der Waals surface area contributed by atoms with Crippen LogP contribution in [0.15, 0.2) is 158 Å². The van der Waals surface area contributed by atoms with E-state index in [2.05, 4.69) is 121 Å². The fraction of sp³-hybridized carbons (Fsp3) is 0.0526. The van der Waals surface area contributed by atoms with E-state index in [-0.39, 0.29) is 0 Å². The lowest BCUT2D eigenvalue weighted by atomic mass is 10.2. The molecule has 4 nitrogen and oxygen atoms in total. The molecule has 0 radical (unpaired) electrons. The zero-order valence-electron chi connectivity index (χ0n) is 23.7. The van der Waals surface area contributed by atoms with E-state index < -0.39 is 0 Å². The maximum Gasteiger partial charge on any atom is 0.127 e. The Morgan fingerprint density at radius 2 is 0.571 bits per heavy atom. The highest BCUT2D eigenvalue weighted by molar-refractivity contribution is 5.77. The van der Waals surface area contributed by atoms with Crippen LogP contribution in [0, 0.1) is 13.8 Å². The Morgan fingerprint density at radius 1 is 0.310 bits per heavy atom. The Kier molecular flexibility index (Phi) is 7.87. The smallest absolute Gasteiger partial charge is 0.127 e. The molecule has 0 amide bonds. The lowest BCUT2D eigenvalue weighted by molar-refractivity contribution is 0.482. The molecule has 0 aromatic heterocycles. The minimum Gasteiger partial charge on any atom is -0.457 e. The summed E-state index contributed by atoms with van der Waals surface area (Å²) in [5.41, 5.74) is 6.42. The number of anilines is 4. The second-order valence-corrected chi connectivity index (χ2v) is 10.1. The quantitative estimate of drug-likeness (QED) is 0.168. The van der Waals surface area contributed by atoms with Crippen molar-refractivity contribution < 1.29 is 9.47 Å². The molecule has 0 unspecified atom stereocenters. The molecular weight excluding hydrogens is 516 g/mol. The van der Waals surface area contributed by atoms with Crippen molar-refractivity contribution in [3.63, 3.8) is 0 Å². The van der Waals surface area contributed by atoms with Gasteiger partial charge < -0.3 is 9.47 Å². The van der Waals surface area contributed by atoms with Crippen molar-refractivity contribution in [3.8, 4) is 23.0 Å². The first-order valence-corrected chi connectivity index (χ1v) is 14.0. The topological polar surface area (TPSA) is 24.9 Å². The van der Waals surface area contributed by atoms with Crippen LogP contribution < -0.4 is 19.5 Å². The van der Waals surface area contributed by atoms with Crippen LogP contribution in [0.1, 0.15) is 11.1 Å². The third-order valence-electron chi connectivity index (χ3n) is 6.88. The maximum atomic E-state index is 6.13. The molecule has 0 aliphatic carbocycles. The number of rotatable bonds is 9. The summed E-state index contributed by atoms with van der Waals surface area (Å²) in [7, 11) is 0. The average Bonchev–Trinajstić information content (AvgIpc) is 3.04. The predicted octanol–water partition coefficient (Wildman–Crippen LogP) is 10.8. The van der Waals surface area contributed by atoms with E-state index in [1.807, 2.05) is 60.7 Å². The molecule has 0 N–H and O–H groups in total. The van der Waals surface area contributed by atoms with Gasteiger partial charge in [0.15, 0.2) is 0 Å². The molecular formula is C38H32N2O2. The van der Waals surface area contributed by atoms with E-state index in [0.717, 1.165) is 45.7 Å². The summed E-state index contributed by atoms with van der Waals surface area (Å²) in [5, 5.41) is 4.42. The first-order chi connectivity index (χ1) is 20.6. The molecule has 0 bridgehead atoms. The van der Waals surface area contributed by atoms with Gasteiger partial charge in [-0.25, -0.2) is 10.0 Å². The van der Waals surface area contributed by atoms with Crippen molar-refractivity contribution in [2.24, 2.45) is 0 Å². The van der Waals surface area contributed by atoms with Gasteiger partial charge in [0, 0.05) is 0 Å². The molecule has 6 rings (SSSR count). The first-order valence-electron chi connectivity index (χ1n) is 14.0. The van der Waals surface area contributed by atoms with Gasteiger partial charge in [-0.15, -0.1) is 0 Å². The van der Waals surface area contributed by atoms with E-state index in [4.69, 9.17) is 9.47 Å². The number of para-hydroxylation sites is 2. The van der Waals surface area contributed by atoms with Crippen molar-refractivity contribution in [2.45, 2.75) is 13.8 Å². The van der Waals surface area contributed by atoms with Crippen LogP contribution in [0.2, 0.25) is 0 Å². The summed E-state index contributed by atoms with van der Waals surface area (Å²) < 4.78 is 12.3. The highest BCUT2D eigenvalue weighted by Crippen LogP contribution is 2.38. The molecule has 0 aliphatic heterocycles. The Bertz CT molecular complexity index is 1570. The Labute approximate surface area is 247 Å². The second kappa shape index (κ2) is 12.4. The van der Waals surface area contributed by atoms with Crippen LogP contribution in [-0.2, 0) is 0 Å². The van der Waals surface area contributed by atoms with Crippen LogP contribution in [0.25, 0.3) is 0 Å². The van der Waals surface area contributed by atoms with Gasteiger partial charge in [0.1, 0.15) is 23.0 Å². The summed E-state index contributed by atoms with van der Waals surface area (Å²) in [4.78, 5) is 0. The molecule has 0 saturated carbocycles. The van der Waals surface area contributed by atoms with Crippen LogP contribution in [-0.4, -0.2) is 0 Å². The fourth-order valence-electron chi connectivity index (χ4n) is 4.69. The third kappa shape index (κ3) is 6.29. The normalized spacial score (nSPS) is 10.6. The number of hydrazine groups is 1. The number of benzene rings is 6. The van der Waals surface area contributed by atoms with Crippen LogP contribution >= 0.6 is 0 Å². The van der Waals surface area contributed by atoms with Gasteiger partial charge in [-0.2, -0.15) is 0 Å². The zero-order valence-corrected chi connectivity index (χ0v) is 23.7.